The molecule has 0 aliphatic carbocycles. The van der Waals surface area contributed by atoms with Crippen LogP contribution in [-0.2, 0) is 9.53 Å². The quantitative estimate of drug-likeness (QED) is 0.239. The van der Waals surface area contributed by atoms with Gasteiger partial charge in [0.2, 0.25) is 11.7 Å². The molecule has 3 aromatic carbocycles. The number of phenolic OH excluding ortho intramolecular Hbond substituents is 3. The van der Waals surface area contributed by atoms with Gasteiger partial charge in [0.05, 0.1) is 13.2 Å². The van der Waals surface area contributed by atoms with E-state index in [0.29, 0.717) is 42.8 Å². The first-order chi connectivity index (χ1) is 19.8. The molecule has 41 heavy (non-hydrogen) atoms. The first kappa shape index (κ1) is 26.1. The Hall–Kier alpha value is -5.09. The third-order valence-electron chi connectivity index (χ3n) is 7.44. The van der Waals surface area contributed by atoms with Gasteiger partial charge in [-0.1, -0.05) is 48.5 Å². The molecule has 10 nitrogen and oxygen atoms in total. The highest BCUT2D eigenvalue weighted by molar-refractivity contribution is 5.94. The number of fused-ring (bicyclic) bond motifs is 2. The summed E-state index contributed by atoms with van der Waals surface area (Å²) < 4.78 is 11.5. The molecule has 2 aromatic heterocycles. The summed E-state index contributed by atoms with van der Waals surface area (Å²) in [5.74, 6) is -3.96. The van der Waals surface area contributed by atoms with E-state index in [-0.39, 0.29) is 40.2 Å². The molecule has 208 valence electrons. The van der Waals surface area contributed by atoms with E-state index < -0.39 is 34.2 Å². The van der Waals surface area contributed by atoms with Gasteiger partial charge in [0.25, 0.3) is 5.56 Å². The number of carbonyl (C=O) groups excluding carboxylic acids is 1. The van der Waals surface area contributed by atoms with Crippen LogP contribution in [0.25, 0.3) is 33.2 Å². The molecule has 4 N–H and O–H groups in total. The molecular weight excluding hydrogens is 528 g/mol. The van der Waals surface area contributed by atoms with E-state index >= 15 is 0 Å². The average Bonchev–Trinajstić information content (AvgIpc) is 2.99. The van der Waals surface area contributed by atoms with Gasteiger partial charge in [-0.25, -0.2) is 0 Å². The Bertz CT molecular complexity index is 1910. The highest BCUT2D eigenvalue weighted by atomic mass is 16.5. The van der Waals surface area contributed by atoms with Gasteiger partial charge in [0, 0.05) is 53.7 Å². The number of amides is 1. The SMILES string of the molecule is O=C(C[C@@H](c1cc2ccccc2[nH]c1=O)c1c(O)c(O)c(O)c2c(=O)cc(-c3ccccc3)oc12)N1CCOCC1. The number of aromatic hydroxyl groups is 3. The number of benzene rings is 3. The summed E-state index contributed by atoms with van der Waals surface area (Å²) in [4.78, 5) is 44.8. The van der Waals surface area contributed by atoms with Crippen LogP contribution in [0.3, 0.4) is 0 Å². The van der Waals surface area contributed by atoms with E-state index in [1.807, 2.05) is 0 Å². The van der Waals surface area contributed by atoms with Crippen molar-refractivity contribution in [2.45, 2.75) is 12.3 Å². The lowest BCUT2D eigenvalue weighted by Gasteiger charge is -2.29. The largest absolute Gasteiger partial charge is 0.504 e. The van der Waals surface area contributed by atoms with Gasteiger partial charge < -0.3 is 34.4 Å². The van der Waals surface area contributed by atoms with Crippen LogP contribution in [0.15, 0.2) is 80.7 Å². The molecule has 3 heterocycles. The molecular formula is C31H26N2O8. The Morgan fingerprint density at radius 3 is 2.37 bits per heavy atom. The number of nitrogens with one attached hydrogen (secondary N) is 1. The zero-order valence-electron chi connectivity index (χ0n) is 21.8. The predicted octanol–water partition coefficient (Wildman–Crippen LogP) is 3.80. The van der Waals surface area contributed by atoms with Crippen LogP contribution in [-0.4, -0.2) is 57.4 Å². The molecule has 1 aliphatic rings. The molecule has 1 aliphatic heterocycles. The van der Waals surface area contributed by atoms with Crippen LogP contribution >= 0.6 is 0 Å². The second-order valence-corrected chi connectivity index (χ2v) is 9.90. The maximum Gasteiger partial charge on any atom is 0.252 e. The normalized spacial score (nSPS) is 14.4. The van der Waals surface area contributed by atoms with Gasteiger partial charge >= 0.3 is 0 Å². The lowest BCUT2D eigenvalue weighted by Crippen LogP contribution is -2.41. The van der Waals surface area contributed by atoms with Gasteiger partial charge in [0.1, 0.15) is 16.7 Å². The second kappa shape index (κ2) is 10.5. The molecule has 0 bridgehead atoms. The zero-order valence-corrected chi connectivity index (χ0v) is 21.8. The molecule has 10 heteroatoms. The number of H-pyrrole nitrogens is 1. The minimum absolute atomic E-state index is 0.111. The van der Waals surface area contributed by atoms with Crippen molar-refractivity contribution in [2.75, 3.05) is 26.3 Å². The standard InChI is InChI=1S/C31H26N2O8/c34-22-16-23(17-6-2-1-3-7-17)41-30-25(27(36)29(38)28(37)26(22)30)19(15-24(35)33-10-12-40-13-11-33)20-14-18-8-4-5-9-21(18)32-31(20)39/h1-9,14,16,19,36-38H,10-13,15H2,(H,32,39)/t19-/m0/s1. The molecule has 6 rings (SSSR count). The summed E-state index contributed by atoms with van der Waals surface area (Å²) in [6, 6.07) is 18.6. The first-order valence-electron chi connectivity index (χ1n) is 13.1. The Labute approximate surface area is 232 Å². The van der Waals surface area contributed by atoms with Gasteiger partial charge in [-0.05, 0) is 17.5 Å². The summed E-state index contributed by atoms with van der Waals surface area (Å²) in [6.07, 6.45) is -0.298. The smallest absolute Gasteiger partial charge is 0.252 e. The number of rotatable bonds is 5. The van der Waals surface area contributed by atoms with Crippen molar-refractivity contribution < 1.29 is 29.3 Å². The van der Waals surface area contributed by atoms with E-state index in [1.54, 1.807) is 65.6 Å². The Balaban J connectivity index is 1.64. The van der Waals surface area contributed by atoms with Gasteiger partial charge in [-0.2, -0.15) is 0 Å². The number of ether oxygens (including phenoxy) is 1. The van der Waals surface area contributed by atoms with E-state index in [9.17, 15) is 29.7 Å². The maximum absolute atomic E-state index is 13.6. The molecule has 1 fully saturated rings. The summed E-state index contributed by atoms with van der Waals surface area (Å²) in [7, 11) is 0. The fourth-order valence-electron chi connectivity index (χ4n) is 5.35. The highest BCUT2D eigenvalue weighted by Gasteiger charge is 2.33. The molecule has 0 spiro atoms. The number of aromatic nitrogens is 1. The van der Waals surface area contributed by atoms with Crippen molar-refractivity contribution in [3.05, 3.63) is 98.4 Å². The number of carbonyl (C=O) groups is 1. The molecule has 1 amide bonds. The van der Waals surface area contributed by atoms with E-state index in [4.69, 9.17) is 9.15 Å². The number of nitrogens with zero attached hydrogens (tertiary/aromatic N) is 1. The molecule has 1 saturated heterocycles. The van der Waals surface area contributed by atoms with Crippen molar-refractivity contribution in [2.24, 2.45) is 0 Å². The lowest BCUT2D eigenvalue weighted by molar-refractivity contribution is -0.135. The summed E-state index contributed by atoms with van der Waals surface area (Å²) in [5.41, 5.74) is -0.368. The number of para-hydroxylation sites is 1. The van der Waals surface area contributed by atoms with Crippen molar-refractivity contribution in [3.8, 4) is 28.6 Å². The van der Waals surface area contributed by atoms with E-state index in [1.165, 1.54) is 6.07 Å². The number of hydrogen-bond donors (Lipinski definition) is 4. The third-order valence-corrected chi connectivity index (χ3v) is 7.44. The topological polar surface area (TPSA) is 153 Å². The molecule has 0 unspecified atom stereocenters. The van der Waals surface area contributed by atoms with Crippen LogP contribution in [0.4, 0.5) is 0 Å². The Kier molecular flexibility index (Phi) is 6.68. The summed E-state index contributed by atoms with van der Waals surface area (Å²) in [5, 5.41) is 33.0. The van der Waals surface area contributed by atoms with Crippen LogP contribution in [0.1, 0.15) is 23.5 Å². The number of aromatic amines is 1. The van der Waals surface area contributed by atoms with Gasteiger partial charge in [-0.3, -0.25) is 14.4 Å². The highest BCUT2D eigenvalue weighted by Crippen LogP contribution is 2.49. The maximum atomic E-state index is 13.6. The third kappa shape index (κ3) is 4.68. The fraction of sp³-hybridized carbons (Fsp3) is 0.194. The van der Waals surface area contributed by atoms with Crippen LogP contribution in [0, 0.1) is 0 Å². The number of pyridine rings is 1. The van der Waals surface area contributed by atoms with Crippen molar-refractivity contribution in [1.82, 2.24) is 9.88 Å². The first-order valence-corrected chi connectivity index (χ1v) is 13.1. The number of morpholine rings is 1. The fourth-order valence-corrected chi connectivity index (χ4v) is 5.35. The molecule has 0 radical (unpaired) electrons. The molecule has 0 saturated carbocycles. The van der Waals surface area contributed by atoms with E-state index in [0.717, 1.165) is 0 Å². The monoisotopic (exact) mass is 554 g/mol. The number of phenols is 3. The van der Waals surface area contributed by atoms with E-state index in [2.05, 4.69) is 4.98 Å². The van der Waals surface area contributed by atoms with Gasteiger partial charge in [0.15, 0.2) is 16.9 Å². The number of hydrogen-bond acceptors (Lipinski definition) is 8. The van der Waals surface area contributed by atoms with Crippen LogP contribution in [0.5, 0.6) is 17.2 Å². The van der Waals surface area contributed by atoms with Crippen molar-refractivity contribution >= 4 is 27.8 Å². The van der Waals surface area contributed by atoms with Crippen molar-refractivity contribution in [3.63, 3.8) is 0 Å². The molecule has 1 atom stereocenters. The molecule has 5 aromatic rings. The van der Waals surface area contributed by atoms with Crippen LogP contribution < -0.4 is 11.0 Å². The minimum atomic E-state index is -1.16. The lowest BCUT2D eigenvalue weighted by atomic mass is 9.85. The minimum Gasteiger partial charge on any atom is -0.504 e. The summed E-state index contributed by atoms with van der Waals surface area (Å²) in [6.45, 7) is 1.41. The average molecular weight is 555 g/mol. The van der Waals surface area contributed by atoms with Crippen LogP contribution in [0.2, 0.25) is 0 Å². The zero-order chi connectivity index (χ0) is 28.7. The Morgan fingerprint density at radius 2 is 1.61 bits per heavy atom. The van der Waals surface area contributed by atoms with Gasteiger partial charge in [-0.15, -0.1) is 0 Å². The Morgan fingerprint density at radius 1 is 0.902 bits per heavy atom. The summed E-state index contributed by atoms with van der Waals surface area (Å²) >= 11 is 0. The predicted molar refractivity (Wildman–Crippen MR) is 151 cm³/mol. The van der Waals surface area contributed by atoms with Crippen molar-refractivity contribution in [1.29, 1.82) is 0 Å². The second-order valence-electron chi connectivity index (χ2n) is 9.90.